The number of carbonyl (C=O) groups is 2. The van der Waals surface area contributed by atoms with Crippen molar-refractivity contribution in [2.75, 3.05) is 38.5 Å². The van der Waals surface area contributed by atoms with E-state index in [9.17, 15) is 9.59 Å². The van der Waals surface area contributed by atoms with Gasteiger partial charge in [0, 0.05) is 47.8 Å². The molecule has 37 heavy (non-hydrogen) atoms. The quantitative estimate of drug-likeness (QED) is 0.413. The molecule has 0 aliphatic carbocycles. The van der Waals surface area contributed by atoms with Gasteiger partial charge in [-0.3, -0.25) is 0 Å². The van der Waals surface area contributed by atoms with Gasteiger partial charge in [0.1, 0.15) is 0 Å². The van der Waals surface area contributed by atoms with Gasteiger partial charge in [-0.1, -0.05) is 30.3 Å². The number of aromatic nitrogens is 1. The van der Waals surface area contributed by atoms with Crippen molar-refractivity contribution in [1.82, 2.24) is 10.3 Å². The molecule has 0 spiro atoms. The number of methoxy groups -OCH3 is 2. The van der Waals surface area contributed by atoms with E-state index in [1.165, 1.54) is 25.6 Å². The van der Waals surface area contributed by atoms with Crippen LogP contribution in [0.3, 0.4) is 0 Å². The SMILES string of the molecule is COC(=O)C1=C(C)NC(C)=C(C(=O)OC)C1c1ccccc1Nc1nc(-c2ccc(N(C)C)cc2)cs1. The zero-order chi connectivity index (χ0) is 26.7. The molecule has 1 aliphatic heterocycles. The molecule has 0 amide bonds. The lowest BCUT2D eigenvalue weighted by Gasteiger charge is -2.31. The molecule has 3 aromatic rings. The van der Waals surface area contributed by atoms with Gasteiger partial charge in [-0.25, -0.2) is 14.6 Å². The minimum atomic E-state index is -0.692. The number of allylic oxidation sites excluding steroid dienone is 2. The van der Waals surface area contributed by atoms with Gasteiger partial charge in [0.2, 0.25) is 0 Å². The lowest BCUT2D eigenvalue weighted by atomic mass is 9.79. The van der Waals surface area contributed by atoms with Crippen LogP contribution in [-0.2, 0) is 19.1 Å². The van der Waals surface area contributed by atoms with E-state index in [1.54, 1.807) is 13.8 Å². The normalized spacial score (nSPS) is 13.8. The summed E-state index contributed by atoms with van der Waals surface area (Å²) in [5.74, 6) is -1.73. The van der Waals surface area contributed by atoms with E-state index in [-0.39, 0.29) is 0 Å². The summed E-state index contributed by atoms with van der Waals surface area (Å²) in [5.41, 5.74) is 6.38. The van der Waals surface area contributed by atoms with Crippen molar-refractivity contribution in [2.24, 2.45) is 0 Å². The molecule has 0 fully saturated rings. The number of dihydropyridines is 1. The highest BCUT2D eigenvalue weighted by atomic mass is 32.1. The maximum absolute atomic E-state index is 12.9. The fourth-order valence-electron chi connectivity index (χ4n) is 4.44. The maximum atomic E-state index is 12.9. The minimum Gasteiger partial charge on any atom is -0.466 e. The third-order valence-corrected chi connectivity index (χ3v) is 7.03. The van der Waals surface area contributed by atoms with Gasteiger partial charge in [0.25, 0.3) is 0 Å². The van der Waals surface area contributed by atoms with Gasteiger partial charge in [0.05, 0.1) is 37.0 Å². The van der Waals surface area contributed by atoms with E-state index < -0.39 is 17.9 Å². The molecule has 8 nitrogen and oxygen atoms in total. The second-order valence-electron chi connectivity index (χ2n) is 8.81. The fourth-order valence-corrected chi connectivity index (χ4v) is 5.17. The first kappa shape index (κ1) is 26.0. The predicted molar refractivity (Wildman–Crippen MR) is 147 cm³/mol. The van der Waals surface area contributed by atoms with Crippen molar-refractivity contribution in [3.63, 3.8) is 0 Å². The average Bonchev–Trinajstić information content (AvgIpc) is 3.36. The largest absolute Gasteiger partial charge is 0.466 e. The molecule has 9 heteroatoms. The highest BCUT2D eigenvalue weighted by Gasteiger charge is 2.38. The summed E-state index contributed by atoms with van der Waals surface area (Å²) in [6, 6.07) is 15.8. The summed E-state index contributed by atoms with van der Waals surface area (Å²) in [6.45, 7) is 3.59. The van der Waals surface area contributed by atoms with Crippen LogP contribution < -0.4 is 15.5 Å². The highest BCUT2D eigenvalue weighted by Crippen LogP contribution is 2.43. The van der Waals surface area contributed by atoms with Crippen LogP contribution in [-0.4, -0.2) is 45.2 Å². The smallest absolute Gasteiger partial charge is 0.336 e. The molecule has 0 saturated carbocycles. The van der Waals surface area contributed by atoms with Crippen molar-refractivity contribution in [2.45, 2.75) is 19.8 Å². The lowest BCUT2D eigenvalue weighted by molar-refractivity contribution is -0.137. The maximum Gasteiger partial charge on any atom is 0.336 e. The standard InChI is InChI=1S/C28H30N4O4S/c1-16-23(26(33)35-5)25(24(17(2)29-16)27(34)36-6)20-9-7-8-10-21(20)30-28-31-22(15-37-28)18-11-13-19(14-12-18)32(3)4/h7-15,25,29H,1-6H3,(H,30,31). The second kappa shape index (κ2) is 10.9. The summed E-state index contributed by atoms with van der Waals surface area (Å²) in [5, 5.41) is 9.22. The number of esters is 2. The Labute approximate surface area is 220 Å². The zero-order valence-electron chi connectivity index (χ0n) is 21.7. The molecule has 2 aromatic carbocycles. The third-order valence-electron chi connectivity index (χ3n) is 6.27. The van der Waals surface area contributed by atoms with Crippen LogP contribution in [0.4, 0.5) is 16.5 Å². The molecule has 4 rings (SSSR count). The number of hydrogen-bond donors (Lipinski definition) is 2. The number of benzene rings is 2. The summed E-state index contributed by atoms with van der Waals surface area (Å²) in [7, 11) is 6.67. The predicted octanol–water partition coefficient (Wildman–Crippen LogP) is 5.20. The molecular formula is C28H30N4O4S. The molecule has 2 heterocycles. The number of nitrogens with zero attached hydrogens (tertiary/aromatic N) is 2. The number of hydrogen-bond acceptors (Lipinski definition) is 9. The van der Waals surface area contributed by atoms with E-state index in [1.807, 2.05) is 60.8 Å². The van der Waals surface area contributed by atoms with Crippen molar-refractivity contribution in [3.05, 3.63) is 82.0 Å². The first-order valence-electron chi connectivity index (χ1n) is 11.7. The van der Waals surface area contributed by atoms with Crippen LogP contribution in [0.1, 0.15) is 25.3 Å². The summed E-state index contributed by atoms with van der Waals surface area (Å²) >= 11 is 1.48. The van der Waals surface area contributed by atoms with Crippen LogP contribution in [0.5, 0.6) is 0 Å². The highest BCUT2D eigenvalue weighted by molar-refractivity contribution is 7.14. The van der Waals surface area contributed by atoms with Crippen molar-refractivity contribution in [1.29, 1.82) is 0 Å². The van der Waals surface area contributed by atoms with Gasteiger partial charge in [-0.05, 0) is 37.6 Å². The zero-order valence-corrected chi connectivity index (χ0v) is 22.5. The molecule has 192 valence electrons. The molecular weight excluding hydrogens is 488 g/mol. The van der Waals surface area contributed by atoms with Crippen molar-refractivity contribution in [3.8, 4) is 11.3 Å². The van der Waals surface area contributed by atoms with Crippen LogP contribution in [0.25, 0.3) is 11.3 Å². The number of para-hydroxylation sites is 1. The molecule has 0 radical (unpaired) electrons. The Balaban J connectivity index is 1.73. The van der Waals surface area contributed by atoms with Crippen molar-refractivity contribution >= 4 is 39.8 Å². The number of carbonyl (C=O) groups excluding carboxylic acids is 2. The molecule has 2 N–H and O–H groups in total. The van der Waals surface area contributed by atoms with E-state index >= 15 is 0 Å². The number of anilines is 3. The van der Waals surface area contributed by atoms with Crippen LogP contribution in [0.15, 0.2) is 76.5 Å². The molecule has 1 aliphatic rings. The van der Waals surface area contributed by atoms with Gasteiger partial charge < -0.3 is 25.0 Å². The number of thiazole rings is 1. The second-order valence-corrected chi connectivity index (χ2v) is 9.67. The summed E-state index contributed by atoms with van der Waals surface area (Å²) in [6.07, 6.45) is 0. The van der Waals surface area contributed by atoms with Gasteiger partial charge >= 0.3 is 11.9 Å². The first-order valence-corrected chi connectivity index (χ1v) is 12.6. The monoisotopic (exact) mass is 518 g/mol. The van der Waals surface area contributed by atoms with E-state index in [4.69, 9.17) is 14.5 Å². The van der Waals surface area contributed by atoms with E-state index in [0.29, 0.717) is 27.7 Å². The molecule has 0 atom stereocenters. The van der Waals surface area contributed by atoms with Crippen LogP contribution >= 0.6 is 11.3 Å². The number of rotatable bonds is 7. The first-order chi connectivity index (χ1) is 17.7. The van der Waals surface area contributed by atoms with Gasteiger partial charge in [0.15, 0.2) is 5.13 Å². The number of ether oxygens (including phenoxy) is 2. The average molecular weight is 519 g/mol. The Kier molecular flexibility index (Phi) is 7.63. The molecule has 0 unspecified atom stereocenters. The fraction of sp³-hybridized carbons (Fsp3) is 0.250. The molecule has 0 saturated heterocycles. The molecule has 1 aromatic heterocycles. The Morgan fingerprint density at radius 3 is 2.11 bits per heavy atom. The Morgan fingerprint density at radius 1 is 0.946 bits per heavy atom. The Morgan fingerprint density at radius 2 is 1.54 bits per heavy atom. The van der Waals surface area contributed by atoms with Crippen LogP contribution in [0, 0.1) is 0 Å². The minimum absolute atomic E-state index is 0.351. The van der Waals surface area contributed by atoms with Crippen LogP contribution in [0.2, 0.25) is 0 Å². The van der Waals surface area contributed by atoms with Gasteiger partial charge in [-0.15, -0.1) is 11.3 Å². The van der Waals surface area contributed by atoms with E-state index in [0.717, 1.165) is 28.2 Å². The lowest BCUT2D eigenvalue weighted by Crippen LogP contribution is -2.32. The summed E-state index contributed by atoms with van der Waals surface area (Å²) in [4.78, 5) is 32.6. The van der Waals surface area contributed by atoms with Crippen molar-refractivity contribution < 1.29 is 19.1 Å². The Bertz CT molecular complexity index is 1350. The Hall–Kier alpha value is -4.11. The van der Waals surface area contributed by atoms with E-state index in [2.05, 4.69) is 22.8 Å². The molecule has 0 bridgehead atoms. The third kappa shape index (κ3) is 5.22. The topological polar surface area (TPSA) is 92.8 Å². The van der Waals surface area contributed by atoms with Gasteiger partial charge in [-0.2, -0.15) is 0 Å². The summed E-state index contributed by atoms with van der Waals surface area (Å²) < 4.78 is 10.2. The number of nitrogens with one attached hydrogen (secondary N) is 2.